The third-order valence-corrected chi connectivity index (χ3v) is 4.22. The molecule has 0 heterocycles. The van der Waals surface area contributed by atoms with E-state index in [1.165, 1.54) is 6.92 Å². The second-order valence-corrected chi connectivity index (χ2v) is 6.52. The van der Waals surface area contributed by atoms with Gasteiger partial charge in [0.15, 0.2) is 0 Å². The molecule has 1 radical (unpaired) electrons. The fourth-order valence-electron chi connectivity index (χ4n) is 2.17. The summed E-state index contributed by atoms with van der Waals surface area (Å²) in [5.74, 6) is -2.00. The molecule has 0 aliphatic rings. The molecule has 0 saturated heterocycles. The highest BCUT2D eigenvalue weighted by molar-refractivity contribution is 5.92. The predicted octanol–water partition coefficient (Wildman–Crippen LogP) is -2.32. The number of aliphatic hydroxyl groups is 1. The number of nitrogens with one attached hydrogen (secondary N) is 3. The van der Waals surface area contributed by atoms with Crippen LogP contribution in [0.5, 0.6) is 0 Å². The van der Waals surface area contributed by atoms with Crippen molar-refractivity contribution in [2.75, 3.05) is 13.1 Å². The molecule has 0 rings (SSSR count). The van der Waals surface area contributed by atoms with Gasteiger partial charge >= 0.3 is 0 Å². The van der Waals surface area contributed by atoms with Gasteiger partial charge in [-0.15, -0.1) is 0 Å². The Morgan fingerprint density at radius 1 is 1.15 bits per heavy atom. The summed E-state index contributed by atoms with van der Waals surface area (Å²) >= 11 is 0. The molecule has 10 heteroatoms. The Hall–Kier alpha value is -2.04. The van der Waals surface area contributed by atoms with Gasteiger partial charge in [0.2, 0.25) is 24.0 Å². The molecule has 0 aliphatic carbocycles. The van der Waals surface area contributed by atoms with Crippen LogP contribution < -0.4 is 27.4 Å². The van der Waals surface area contributed by atoms with E-state index in [0.717, 1.165) is 0 Å². The van der Waals surface area contributed by atoms with Crippen LogP contribution in [-0.4, -0.2) is 66.4 Å². The molecule has 10 nitrogen and oxygen atoms in total. The van der Waals surface area contributed by atoms with Gasteiger partial charge in [0.1, 0.15) is 6.04 Å². The molecule has 155 valence electrons. The van der Waals surface area contributed by atoms with Crippen molar-refractivity contribution in [3.63, 3.8) is 0 Å². The topological polar surface area (TPSA) is 177 Å². The summed E-state index contributed by atoms with van der Waals surface area (Å²) in [5, 5.41) is 16.9. The Balaban J connectivity index is 4.65. The third kappa shape index (κ3) is 9.45. The minimum atomic E-state index is -1.26. The van der Waals surface area contributed by atoms with Crippen molar-refractivity contribution in [2.45, 2.75) is 64.3 Å². The van der Waals surface area contributed by atoms with E-state index in [1.54, 1.807) is 13.2 Å². The van der Waals surface area contributed by atoms with Gasteiger partial charge in [-0.3, -0.25) is 19.2 Å². The third-order valence-electron chi connectivity index (χ3n) is 4.22. The summed E-state index contributed by atoms with van der Waals surface area (Å²) in [6, 6.07) is -2.89. The summed E-state index contributed by atoms with van der Waals surface area (Å²) in [5.41, 5.74) is 11.2. The number of amides is 3. The van der Waals surface area contributed by atoms with E-state index >= 15 is 0 Å². The van der Waals surface area contributed by atoms with Gasteiger partial charge in [0.25, 0.3) is 0 Å². The molecule has 0 spiro atoms. The van der Waals surface area contributed by atoms with Gasteiger partial charge in [-0.1, -0.05) is 20.3 Å². The minimum absolute atomic E-state index is 0.0986. The van der Waals surface area contributed by atoms with Crippen LogP contribution in [0, 0.1) is 5.92 Å². The number of aliphatic hydroxyl groups excluding tert-OH is 1. The zero-order valence-corrected chi connectivity index (χ0v) is 16.2. The fraction of sp³-hybridized carbons (Fsp3) is 0.765. The zero-order valence-electron chi connectivity index (χ0n) is 16.2. The van der Waals surface area contributed by atoms with E-state index in [9.17, 15) is 24.3 Å². The molecule has 0 fully saturated rings. The van der Waals surface area contributed by atoms with Crippen LogP contribution in [0.2, 0.25) is 0 Å². The Kier molecular flexibility index (Phi) is 12.2. The lowest BCUT2D eigenvalue weighted by Crippen LogP contribution is -2.57. The van der Waals surface area contributed by atoms with Crippen molar-refractivity contribution in [1.82, 2.24) is 16.0 Å². The van der Waals surface area contributed by atoms with Crippen LogP contribution in [0.3, 0.4) is 0 Å². The van der Waals surface area contributed by atoms with E-state index in [1.807, 2.05) is 6.92 Å². The van der Waals surface area contributed by atoms with Crippen molar-refractivity contribution in [3.05, 3.63) is 0 Å². The lowest BCUT2D eigenvalue weighted by Gasteiger charge is -2.24. The second-order valence-electron chi connectivity index (χ2n) is 6.52. The molecular weight excluding hydrogens is 354 g/mol. The summed E-state index contributed by atoms with van der Waals surface area (Å²) in [7, 11) is 0. The first-order valence-electron chi connectivity index (χ1n) is 9.06. The number of hydrogen-bond donors (Lipinski definition) is 6. The molecule has 5 atom stereocenters. The number of nitrogens with two attached hydrogens (primary N) is 2. The maximum Gasteiger partial charge on any atom is 0.245 e. The first-order valence-corrected chi connectivity index (χ1v) is 9.06. The quantitative estimate of drug-likeness (QED) is 0.206. The molecule has 27 heavy (non-hydrogen) atoms. The van der Waals surface area contributed by atoms with E-state index in [0.29, 0.717) is 25.8 Å². The van der Waals surface area contributed by atoms with Crippen LogP contribution in [0.15, 0.2) is 0 Å². The summed E-state index contributed by atoms with van der Waals surface area (Å²) < 4.78 is 0. The normalized spacial score (nSPS) is 16.4. The van der Waals surface area contributed by atoms with Crippen molar-refractivity contribution >= 4 is 24.0 Å². The van der Waals surface area contributed by atoms with Gasteiger partial charge in [-0.05, 0) is 32.2 Å². The molecular formula is C17H32N5O5. The summed E-state index contributed by atoms with van der Waals surface area (Å²) in [6.45, 7) is 4.98. The van der Waals surface area contributed by atoms with E-state index in [-0.39, 0.29) is 5.92 Å². The van der Waals surface area contributed by atoms with E-state index < -0.39 is 48.5 Å². The van der Waals surface area contributed by atoms with Crippen molar-refractivity contribution in [1.29, 1.82) is 0 Å². The van der Waals surface area contributed by atoms with Crippen molar-refractivity contribution < 1.29 is 24.3 Å². The zero-order chi connectivity index (χ0) is 21.0. The van der Waals surface area contributed by atoms with Crippen molar-refractivity contribution in [3.8, 4) is 0 Å². The molecule has 0 unspecified atom stereocenters. The Bertz CT molecular complexity index is 500. The first-order chi connectivity index (χ1) is 12.7. The molecule has 0 aromatic carbocycles. The van der Waals surface area contributed by atoms with Crippen LogP contribution in [0.25, 0.3) is 0 Å². The molecule has 0 aliphatic heterocycles. The highest BCUT2D eigenvalue weighted by Crippen LogP contribution is 2.06. The van der Waals surface area contributed by atoms with Gasteiger partial charge in [0.05, 0.1) is 24.7 Å². The van der Waals surface area contributed by atoms with Crippen LogP contribution in [0.4, 0.5) is 0 Å². The SMILES string of the molecule is CC[C@H](C)[C@H](N)C(=O)N[C@H](C(=O)NCC(=O)N[C@H]([C]=O)CCCN)[C@H](C)O. The molecule has 8 N–H and O–H groups in total. The second kappa shape index (κ2) is 13.2. The van der Waals surface area contributed by atoms with Crippen molar-refractivity contribution in [2.24, 2.45) is 17.4 Å². The lowest BCUT2D eigenvalue weighted by molar-refractivity contribution is -0.133. The number of rotatable bonds is 13. The van der Waals surface area contributed by atoms with E-state index in [4.69, 9.17) is 11.5 Å². The number of carbonyl (C=O) groups is 3. The van der Waals surface area contributed by atoms with Crippen LogP contribution >= 0.6 is 0 Å². The average Bonchev–Trinajstić information content (AvgIpc) is 2.65. The summed E-state index contributed by atoms with van der Waals surface area (Å²) in [6.07, 6.45) is 2.06. The molecule has 0 aromatic heterocycles. The molecule has 0 saturated carbocycles. The van der Waals surface area contributed by atoms with Gasteiger partial charge in [-0.2, -0.15) is 0 Å². The van der Waals surface area contributed by atoms with Gasteiger partial charge in [-0.25, -0.2) is 0 Å². The van der Waals surface area contributed by atoms with Crippen LogP contribution in [0.1, 0.15) is 40.0 Å². The minimum Gasteiger partial charge on any atom is -0.391 e. The van der Waals surface area contributed by atoms with Crippen LogP contribution in [-0.2, 0) is 19.2 Å². The molecule has 3 amide bonds. The predicted molar refractivity (Wildman–Crippen MR) is 100.0 cm³/mol. The Labute approximate surface area is 159 Å². The Morgan fingerprint density at radius 3 is 2.26 bits per heavy atom. The maximum atomic E-state index is 12.2. The smallest absolute Gasteiger partial charge is 0.245 e. The fourth-order valence-corrected chi connectivity index (χ4v) is 2.17. The van der Waals surface area contributed by atoms with Gasteiger partial charge in [0, 0.05) is 0 Å². The number of carbonyl (C=O) groups excluding carboxylic acids is 4. The highest BCUT2D eigenvalue weighted by atomic mass is 16.3. The summed E-state index contributed by atoms with van der Waals surface area (Å²) in [4.78, 5) is 47.0. The Morgan fingerprint density at radius 2 is 1.78 bits per heavy atom. The molecule has 0 bridgehead atoms. The first kappa shape index (κ1) is 25.0. The number of hydrogen-bond acceptors (Lipinski definition) is 7. The molecule has 0 aromatic rings. The van der Waals surface area contributed by atoms with E-state index in [2.05, 4.69) is 16.0 Å². The largest absolute Gasteiger partial charge is 0.391 e. The lowest BCUT2D eigenvalue weighted by atomic mass is 9.99. The standard InChI is InChI=1S/C17H32N5O5/c1-4-10(2)14(19)16(26)22-15(11(3)24)17(27)20-8-13(25)21-12(9-23)6-5-7-18/h10-12,14-15,24H,4-8,18-19H2,1-3H3,(H,20,27)(H,21,25)(H,22,26)/t10-,11-,12-,14-,15-/m0/s1. The van der Waals surface area contributed by atoms with Gasteiger partial charge < -0.3 is 32.5 Å². The maximum absolute atomic E-state index is 12.2. The monoisotopic (exact) mass is 386 g/mol. The highest BCUT2D eigenvalue weighted by Gasteiger charge is 2.29. The average molecular weight is 386 g/mol.